The highest BCUT2D eigenvalue weighted by Crippen LogP contribution is 2.26. The van der Waals surface area contributed by atoms with E-state index >= 15 is 0 Å². The Kier molecular flexibility index (Phi) is 5.64. The van der Waals surface area contributed by atoms with Crippen molar-refractivity contribution >= 4 is 11.9 Å². The Balaban J connectivity index is 1.47. The molecule has 3 aliphatic rings. The number of allylic oxidation sites excluding steroid dienone is 1. The molecule has 1 fully saturated rings. The lowest BCUT2D eigenvalue weighted by molar-refractivity contribution is -0.197. The van der Waals surface area contributed by atoms with Crippen molar-refractivity contribution in [3.63, 3.8) is 0 Å². The topological polar surface area (TPSA) is 72.4 Å². The van der Waals surface area contributed by atoms with Crippen LogP contribution in [0, 0.1) is 0 Å². The van der Waals surface area contributed by atoms with E-state index in [0.29, 0.717) is 25.5 Å². The van der Waals surface area contributed by atoms with Gasteiger partial charge in [-0.1, -0.05) is 0 Å². The molecule has 0 bridgehead atoms. The minimum atomic E-state index is -0.563. The van der Waals surface area contributed by atoms with Crippen LogP contribution in [0.2, 0.25) is 0 Å². The zero-order chi connectivity index (χ0) is 17.9. The van der Waals surface area contributed by atoms with Crippen LogP contribution in [-0.4, -0.2) is 61.5 Å². The lowest BCUT2D eigenvalue weighted by atomic mass is 9.98. The number of rotatable bonds is 7. The minimum Gasteiger partial charge on any atom is -0.483 e. The van der Waals surface area contributed by atoms with Crippen LogP contribution >= 0.6 is 0 Å². The Morgan fingerprint density at radius 3 is 3.08 bits per heavy atom. The summed E-state index contributed by atoms with van der Waals surface area (Å²) in [5, 5.41) is 3.38. The summed E-state index contributed by atoms with van der Waals surface area (Å²) in [7, 11) is 1.63. The van der Waals surface area contributed by atoms with Crippen LogP contribution in [0.1, 0.15) is 46.0 Å². The molecule has 3 rings (SSSR count). The van der Waals surface area contributed by atoms with Crippen molar-refractivity contribution in [3.8, 4) is 0 Å². The summed E-state index contributed by atoms with van der Waals surface area (Å²) < 4.78 is 17.0. The second-order valence-corrected chi connectivity index (χ2v) is 7.23. The second kappa shape index (κ2) is 7.74. The molecule has 2 unspecified atom stereocenters. The van der Waals surface area contributed by atoms with Crippen molar-refractivity contribution in [2.45, 2.75) is 63.9 Å². The largest absolute Gasteiger partial charge is 0.483 e. The molecule has 0 radical (unpaired) electrons. The van der Waals surface area contributed by atoms with Crippen molar-refractivity contribution in [1.29, 1.82) is 0 Å². The van der Waals surface area contributed by atoms with Gasteiger partial charge < -0.3 is 24.4 Å². The number of morpholine rings is 1. The van der Waals surface area contributed by atoms with Gasteiger partial charge in [-0.15, -0.1) is 0 Å². The highest BCUT2D eigenvalue weighted by atomic mass is 16.7. The van der Waals surface area contributed by atoms with Gasteiger partial charge in [-0.3, -0.25) is 0 Å². The number of amides is 2. The van der Waals surface area contributed by atoms with E-state index in [2.05, 4.69) is 16.4 Å². The number of hydrogen-bond acceptors (Lipinski definition) is 5. The Morgan fingerprint density at radius 1 is 1.44 bits per heavy atom. The molecule has 2 heterocycles. The zero-order valence-electron chi connectivity index (χ0n) is 15.4. The standard InChI is InChI=1S/C18H29N3O4/c1-18(2,23-3)24-11-7-6-10-21-12-15-16(20-17(21)22)19-13-8-4-5-9-14(13)25-15/h9,13,15H,4-8,10-12H2,1-3H3,(H,19,20,22). The average molecular weight is 351 g/mol. The number of carbonyl (C=O) groups is 1. The Morgan fingerprint density at radius 2 is 2.28 bits per heavy atom. The number of carbonyl (C=O) groups excluding carboxylic acids is 1. The molecule has 7 nitrogen and oxygen atoms in total. The predicted octanol–water partition coefficient (Wildman–Crippen LogP) is 2.42. The fraction of sp³-hybridized carbons (Fsp3) is 0.778. The molecule has 0 spiro atoms. The summed E-state index contributed by atoms with van der Waals surface area (Å²) in [5.74, 6) is 1.14. The number of urea groups is 1. The third-order valence-corrected chi connectivity index (χ3v) is 4.93. The van der Waals surface area contributed by atoms with E-state index < -0.39 is 5.79 Å². The Bertz CT molecular complexity index is 559. The van der Waals surface area contributed by atoms with Gasteiger partial charge in [0, 0.05) is 13.7 Å². The monoisotopic (exact) mass is 351 g/mol. The molecule has 2 aliphatic heterocycles. The summed E-state index contributed by atoms with van der Waals surface area (Å²) in [6, 6.07) is 0.00752. The first-order valence-electron chi connectivity index (χ1n) is 9.18. The highest BCUT2D eigenvalue weighted by molar-refractivity contribution is 5.99. The van der Waals surface area contributed by atoms with E-state index in [-0.39, 0.29) is 18.2 Å². The fourth-order valence-corrected chi connectivity index (χ4v) is 3.26. The van der Waals surface area contributed by atoms with Crippen LogP contribution in [-0.2, 0) is 14.2 Å². The molecule has 0 aromatic rings. The van der Waals surface area contributed by atoms with Gasteiger partial charge in [0.1, 0.15) is 5.76 Å². The number of unbranched alkanes of at least 4 members (excludes halogenated alkanes) is 1. The van der Waals surface area contributed by atoms with E-state index in [9.17, 15) is 4.79 Å². The molecule has 0 aromatic carbocycles. The molecule has 2 atom stereocenters. The molecule has 1 saturated heterocycles. The number of nitrogens with zero attached hydrogens (tertiary/aromatic N) is 2. The van der Waals surface area contributed by atoms with Crippen LogP contribution in [0.15, 0.2) is 16.8 Å². The van der Waals surface area contributed by atoms with Gasteiger partial charge in [0.15, 0.2) is 17.7 Å². The molecule has 1 aliphatic carbocycles. The zero-order valence-corrected chi connectivity index (χ0v) is 15.4. The van der Waals surface area contributed by atoms with Gasteiger partial charge in [-0.05, 0) is 52.0 Å². The van der Waals surface area contributed by atoms with E-state index in [1.807, 2.05) is 13.8 Å². The van der Waals surface area contributed by atoms with Gasteiger partial charge in [-0.2, -0.15) is 4.99 Å². The first kappa shape index (κ1) is 18.2. The maximum atomic E-state index is 12.3. The fourth-order valence-electron chi connectivity index (χ4n) is 3.26. The van der Waals surface area contributed by atoms with Gasteiger partial charge >= 0.3 is 6.03 Å². The molecule has 1 N–H and O–H groups in total. The molecule has 0 saturated carbocycles. The lowest BCUT2D eigenvalue weighted by Crippen LogP contribution is -2.57. The van der Waals surface area contributed by atoms with Gasteiger partial charge in [-0.25, -0.2) is 4.79 Å². The quantitative estimate of drug-likeness (QED) is 0.563. The Hall–Kier alpha value is -1.60. The molecular formula is C18H29N3O4. The number of hydrogen-bond donors (Lipinski definition) is 1. The molecule has 0 aromatic heterocycles. The second-order valence-electron chi connectivity index (χ2n) is 7.23. The van der Waals surface area contributed by atoms with Crippen molar-refractivity contribution in [2.24, 2.45) is 4.99 Å². The summed E-state index contributed by atoms with van der Waals surface area (Å²) in [6.45, 7) is 5.59. The minimum absolute atomic E-state index is 0.165. The predicted molar refractivity (Wildman–Crippen MR) is 94.4 cm³/mol. The van der Waals surface area contributed by atoms with Crippen LogP contribution < -0.4 is 5.32 Å². The van der Waals surface area contributed by atoms with Crippen molar-refractivity contribution in [3.05, 3.63) is 11.8 Å². The first-order chi connectivity index (χ1) is 12.0. The van der Waals surface area contributed by atoms with E-state index in [1.54, 1.807) is 12.0 Å². The lowest BCUT2D eigenvalue weighted by Gasteiger charge is -2.40. The maximum Gasteiger partial charge on any atom is 0.345 e. The van der Waals surface area contributed by atoms with Gasteiger partial charge in [0.05, 0.1) is 19.2 Å². The number of amidine groups is 1. The van der Waals surface area contributed by atoms with E-state index in [1.165, 1.54) is 0 Å². The maximum absolute atomic E-state index is 12.3. The molecule has 25 heavy (non-hydrogen) atoms. The third-order valence-electron chi connectivity index (χ3n) is 4.93. The normalized spacial score (nSPS) is 26.0. The summed E-state index contributed by atoms with van der Waals surface area (Å²) in [5.41, 5.74) is 0. The smallest absolute Gasteiger partial charge is 0.345 e. The van der Waals surface area contributed by atoms with Gasteiger partial charge in [0.2, 0.25) is 0 Å². The van der Waals surface area contributed by atoms with Crippen LogP contribution in [0.4, 0.5) is 4.79 Å². The number of fused-ring (bicyclic) bond motifs is 2. The van der Waals surface area contributed by atoms with E-state index in [4.69, 9.17) is 14.2 Å². The molecule has 7 heteroatoms. The summed E-state index contributed by atoms with van der Waals surface area (Å²) in [6.07, 6.45) is 6.96. The SMILES string of the molecule is COC(C)(C)OCCCCN1CC2OC3=CCCCC3NC2=NC1=O. The average Bonchev–Trinajstić information content (AvgIpc) is 2.60. The highest BCUT2D eigenvalue weighted by Gasteiger charge is 2.37. The van der Waals surface area contributed by atoms with Crippen molar-refractivity contribution < 1.29 is 19.0 Å². The summed E-state index contributed by atoms with van der Waals surface area (Å²) >= 11 is 0. The third kappa shape index (κ3) is 4.52. The van der Waals surface area contributed by atoms with E-state index in [0.717, 1.165) is 37.9 Å². The Labute approximate surface area is 149 Å². The molecule has 140 valence electrons. The van der Waals surface area contributed by atoms with Crippen molar-refractivity contribution in [1.82, 2.24) is 10.2 Å². The molecule has 2 amide bonds. The number of methoxy groups -OCH3 is 1. The van der Waals surface area contributed by atoms with Crippen LogP contribution in [0.3, 0.4) is 0 Å². The van der Waals surface area contributed by atoms with Gasteiger partial charge in [0.25, 0.3) is 0 Å². The number of ether oxygens (including phenoxy) is 3. The van der Waals surface area contributed by atoms with Crippen LogP contribution in [0.25, 0.3) is 0 Å². The molecular weight excluding hydrogens is 322 g/mol. The number of aliphatic imine (C=N–C) groups is 1. The van der Waals surface area contributed by atoms with Crippen molar-refractivity contribution in [2.75, 3.05) is 26.8 Å². The summed E-state index contributed by atoms with van der Waals surface area (Å²) in [4.78, 5) is 18.2. The first-order valence-corrected chi connectivity index (χ1v) is 9.18. The number of nitrogens with one attached hydrogen (secondary N) is 1. The van der Waals surface area contributed by atoms with Crippen LogP contribution in [0.5, 0.6) is 0 Å².